The maximum atomic E-state index is 11.9. The number of carbonyl (C=O) groups excluding carboxylic acids is 1. The van der Waals surface area contributed by atoms with Crippen molar-refractivity contribution in [2.45, 2.75) is 0 Å². The molecule has 0 aliphatic carbocycles. The van der Waals surface area contributed by atoms with Crippen LogP contribution in [0.25, 0.3) is 5.69 Å². The molecule has 7 heteroatoms. The summed E-state index contributed by atoms with van der Waals surface area (Å²) in [5.41, 5.74) is 0.774. The molecule has 5 nitrogen and oxygen atoms in total. The Kier molecular flexibility index (Phi) is 4.75. The largest absolute Gasteiger partial charge is 0.435 e. The van der Waals surface area contributed by atoms with Crippen LogP contribution < -0.4 is 4.74 Å². The standard InChI is InChI=1S/C12H13N3O2S2/c1-18-15(19-2)12(16)17-11-6-4-3-5-10(11)14-8-7-13-9-14/h3-9H,1-2H3. The van der Waals surface area contributed by atoms with E-state index < -0.39 is 6.09 Å². The Hall–Kier alpha value is -1.60. The number of rotatable bonds is 4. The fourth-order valence-electron chi connectivity index (χ4n) is 1.51. The van der Waals surface area contributed by atoms with Gasteiger partial charge in [0.15, 0.2) is 5.75 Å². The molecule has 2 aromatic rings. The van der Waals surface area contributed by atoms with Gasteiger partial charge in [0.1, 0.15) is 0 Å². The van der Waals surface area contributed by atoms with Gasteiger partial charge in [-0.3, -0.25) is 0 Å². The summed E-state index contributed by atoms with van der Waals surface area (Å²) in [7, 11) is 0. The van der Waals surface area contributed by atoms with Crippen molar-refractivity contribution in [3.05, 3.63) is 43.0 Å². The van der Waals surface area contributed by atoms with Crippen LogP contribution in [-0.2, 0) is 0 Å². The third kappa shape index (κ3) is 3.24. The predicted molar refractivity (Wildman–Crippen MR) is 78.5 cm³/mol. The number of imidazole rings is 1. The molecule has 2 rings (SSSR count). The summed E-state index contributed by atoms with van der Waals surface area (Å²) in [5, 5.41) is 0. The number of benzene rings is 1. The highest BCUT2D eigenvalue weighted by molar-refractivity contribution is 8.12. The van der Waals surface area contributed by atoms with Gasteiger partial charge in [-0.25, -0.2) is 9.78 Å². The van der Waals surface area contributed by atoms with Gasteiger partial charge in [-0.1, -0.05) is 12.1 Å². The fourth-order valence-corrected chi connectivity index (χ4v) is 2.48. The molecule has 0 N–H and O–H groups in total. The third-order valence-electron chi connectivity index (χ3n) is 2.33. The van der Waals surface area contributed by atoms with Crippen molar-refractivity contribution in [3.63, 3.8) is 0 Å². The molecule has 0 saturated heterocycles. The Bertz CT molecular complexity index is 542. The zero-order valence-electron chi connectivity index (χ0n) is 10.5. The average Bonchev–Trinajstić information content (AvgIpc) is 2.94. The smallest absolute Gasteiger partial charge is 0.407 e. The first-order valence-electron chi connectivity index (χ1n) is 5.43. The van der Waals surface area contributed by atoms with E-state index in [1.165, 1.54) is 27.6 Å². The molecule has 0 atom stereocenters. The highest BCUT2D eigenvalue weighted by atomic mass is 32.2. The molecule has 0 radical (unpaired) electrons. The molecule has 100 valence electrons. The van der Waals surface area contributed by atoms with E-state index in [-0.39, 0.29) is 0 Å². The van der Waals surface area contributed by atoms with Gasteiger partial charge in [0.05, 0.1) is 12.0 Å². The van der Waals surface area contributed by atoms with Gasteiger partial charge < -0.3 is 9.30 Å². The van der Waals surface area contributed by atoms with Crippen molar-refractivity contribution in [2.75, 3.05) is 12.5 Å². The molecule has 1 aromatic carbocycles. The average molecular weight is 295 g/mol. The third-order valence-corrected chi connectivity index (χ3v) is 4.18. The number of ether oxygens (including phenoxy) is 1. The van der Waals surface area contributed by atoms with Gasteiger partial charge in [-0.15, -0.1) is 0 Å². The normalized spacial score (nSPS) is 10.2. The zero-order chi connectivity index (χ0) is 13.7. The first-order chi connectivity index (χ1) is 9.26. The van der Waals surface area contributed by atoms with E-state index in [0.717, 1.165) is 5.69 Å². The van der Waals surface area contributed by atoms with Crippen LogP contribution >= 0.6 is 23.9 Å². The maximum absolute atomic E-state index is 11.9. The summed E-state index contributed by atoms with van der Waals surface area (Å²) in [6.45, 7) is 0. The molecule has 19 heavy (non-hydrogen) atoms. The molecule has 0 saturated carbocycles. The second-order valence-electron chi connectivity index (χ2n) is 3.43. The minimum absolute atomic E-state index is 0.410. The monoisotopic (exact) mass is 295 g/mol. The number of para-hydroxylation sites is 2. The highest BCUT2D eigenvalue weighted by Crippen LogP contribution is 2.25. The van der Waals surface area contributed by atoms with Crippen molar-refractivity contribution in [3.8, 4) is 11.4 Å². The minimum atomic E-state index is -0.410. The van der Waals surface area contributed by atoms with Crippen LogP contribution in [0.4, 0.5) is 4.79 Å². The molecule has 0 bridgehead atoms. The molecule has 0 unspecified atom stereocenters. The van der Waals surface area contributed by atoms with E-state index in [1.54, 1.807) is 29.4 Å². The van der Waals surface area contributed by atoms with E-state index in [4.69, 9.17) is 4.74 Å². The second kappa shape index (κ2) is 6.53. The number of hydrogen-bond donors (Lipinski definition) is 0. The van der Waals surface area contributed by atoms with Gasteiger partial charge in [-0.2, -0.15) is 3.71 Å². The van der Waals surface area contributed by atoms with Crippen LogP contribution in [0, 0.1) is 0 Å². The van der Waals surface area contributed by atoms with Crippen molar-refractivity contribution in [1.29, 1.82) is 0 Å². The summed E-state index contributed by atoms with van der Waals surface area (Å²) in [4.78, 5) is 15.9. The first-order valence-corrected chi connectivity index (χ1v) is 7.80. The summed E-state index contributed by atoms with van der Waals surface area (Å²) >= 11 is 2.61. The summed E-state index contributed by atoms with van der Waals surface area (Å²) in [6, 6.07) is 7.33. The number of carbonyl (C=O) groups is 1. The molecular weight excluding hydrogens is 282 g/mol. The van der Waals surface area contributed by atoms with Gasteiger partial charge in [-0.05, 0) is 36.0 Å². The van der Waals surface area contributed by atoms with Crippen molar-refractivity contribution >= 4 is 30.0 Å². The SMILES string of the molecule is CSN(SC)C(=O)Oc1ccccc1-n1ccnc1. The molecule has 0 aliphatic heterocycles. The molecule has 0 spiro atoms. The van der Waals surface area contributed by atoms with E-state index in [2.05, 4.69) is 4.98 Å². The lowest BCUT2D eigenvalue weighted by Crippen LogP contribution is -2.21. The maximum Gasteiger partial charge on any atom is 0.435 e. The van der Waals surface area contributed by atoms with Crippen molar-refractivity contribution in [1.82, 2.24) is 13.3 Å². The van der Waals surface area contributed by atoms with E-state index >= 15 is 0 Å². The number of nitrogens with zero attached hydrogens (tertiary/aromatic N) is 3. The molecule has 0 aliphatic rings. The van der Waals surface area contributed by atoms with Crippen LogP contribution in [0.2, 0.25) is 0 Å². The lowest BCUT2D eigenvalue weighted by Gasteiger charge is -2.16. The fraction of sp³-hybridized carbons (Fsp3) is 0.167. The van der Waals surface area contributed by atoms with Crippen molar-refractivity contribution in [2.24, 2.45) is 0 Å². The number of aromatic nitrogens is 2. The first kappa shape index (κ1) is 13.8. The summed E-state index contributed by atoms with van der Waals surface area (Å²) < 4.78 is 8.67. The Labute approximate surface area is 120 Å². The molecule has 1 aromatic heterocycles. The quantitative estimate of drug-likeness (QED) is 0.810. The lowest BCUT2D eigenvalue weighted by atomic mass is 10.3. The van der Waals surface area contributed by atoms with Gasteiger partial charge in [0, 0.05) is 24.9 Å². The minimum Gasteiger partial charge on any atom is -0.407 e. The Morgan fingerprint density at radius 3 is 2.68 bits per heavy atom. The number of hydrogen-bond acceptors (Lipinski definition) is 5. The zero-order valence-corrected chi connectivity index (χ0v) is 12.1. The molecule has 0 fully saturated rings. The van der Waals surface area contributed by atoms with Crippen LogP contribution in [0.3, 0.4) is 0 Å². The predicted octanol–water partition coefficient (Wildman–Crippen LogP) is 3.23. The van der Waals surface area contributed by atoms with Gasteiger partial charge in [0.25, 0.3) is 0 Å². The Morgan fingerprint density at radius 1 is 1.32 bits per heavy atom. The van der Waals surface area contributed by atoms with Crippen LogP contribution in [-0.4, -0.2) is 31.9 Å². The highest BCUT2D eigenvalue weighted by Gasteiger charge is 2.16. The van der Waals surface area contributed by atoms with Crippen molar-refractivity contribution < 1.29 is 9.53 Å². The van der Waals surface area contributed by atoms with Crippen LogP contribution in [0.15, 0.2) is 43.0 Å². The van der Waals surface area contributed by atoms with Crippen LogP contribution in [0.1, 0.15) is 0 Å². The molecule has 1 amide bonds. The molecule has 1 heterocycles. The lowest BCUT2D eigenvalue weighted by molar-refractivity contribution is 0.197. The summed E-state index contributed by atoms with van der Waals surface area (Å²) in [5.74, 6) is 0.499. The second-order valence-corrected chi connectivity index (χ2v) is 5.12. The van der Waals surface area contributed by atoms with E-state index in [0.29, 0.717) is 5.75 Å². The summed E-state index contributed by atoms with van der Waals surface area (Å²) in [6.07, 6.45) is 8.36. The van der Waals surface area contributed by atoms with Gasteiger partial charge in [0.2, 0.25) is 0 Å². The number of amides is 1. The van der Waals surface area contributed by atoms with Crippen LogP contribution in [0.5, 0.6) is 5.75 Å². The van der Waals surface area contributed by atoms with E-state index in [1.807, 2.05) is 30.7 Å². The van der Waals surface area contributed by atoms with E-state index in [9.17, 15) is 4.79 Å². The molecular formula is C12H13N3O2S2. The topological polar surface area (TPSA) is 47.4 Å². The van der Waals surface area contributed by atoms with Gasteiger partial charge >= 0.3 is 6.09 Å². The Morgan fingerprint density at radius 2 is 2.05 bits per heavy atom. The Balaban J connectivity index is 2.24.